The van der Waals surface area contributed by atoms with Crippen LogP contribution in [0.3, 0.4) is 0 Å². The number of nitrogens with zero attached hydrogens (tertiary/aromatic N) is 1. The first kappa shape index (κ1) is 18.9. The summed E-state index contributed by atoms with van der Waals surface area (Å²) < 4.78 is 13.2. The van der Waals surface area contributed by atoms with Crippen molar-refractivity contribution in [2.75, 3.05) is 13.1 Å². The Balaban J connectivity index is 2.12. The zero-order chi connectivity index (χ0) is 18.6. The van der Waals surface area contributed by atoms with E-state index in [9.17, 15) is 18.8 Å². The molecule has 1 heterocycles. The van der Waals surface area contributed by atoms with Gasteiger partial charge in [0.05, 0.1) is 0 Å². The lowest BCUT2D eigenvalue weighted by Crippen LogP contribution is -2.45. The number of imide groups is 1. The van der Waals surface area contributed by atoms with Gasteiger partial charge in [-0.2, -0.15) is 0 Å². The Morgan fingerprint density at radius 3 is 2.48 bits per heavy atom. The predicted octanol–water partition coefficient (Wildman–Crippen LogP) is 2.15. The molecule has 0 radical (unpaired) electrons. The lowest BCUT2D eigenvalue weighted by Gasteiger charge is -2.25. The summed E-state index contributed by atoms with van der Waals surface area (Å²) in [6.07, 6.45) is 1.12. The molecule has 1 saturated heterocycles. The first-order chi connectivity index (χ1) is 11.8. The molecule has 0 bridgehead atoms. The maximum absolute atomic E-state index is 13.2. The summed E-state index contributed by atoms with van der Waals surface area (Å²) in [7, 11) is 0. The highest BCUT2D eigenvalue weighted by Crippen LogP contribution is 2.32. The lowest BCUT2D eigenvalue weighted by atomic mass is 9.87. The molecule has 2 rings (SSSR count). The fourth-order valence-electron chi connectivity index (χ4n) is 2.84. The van der Waals surface area contributed by atoms with E-state index in [0.29, 0.717) is 24.4 Å². The van der Waals surface area contributed by atoms with Gasteiger partial charge in [0.2, 0.25) is 5.91 Å². The summed E-state index contributed by atoms with van der Waals surface area (Å²) in [4.78, 5) is 38.0. The van der Waals surface area contributed by atoms with Crippen molar-refractivity contribution in [2.45, 2.75) is 39.2 Å². The van der Waals surface area contributed by atoms with Crippen LogP contribution in [0.15, 0.2) is 24.3 Å². The van der Waals surface area contributed by atoms with Crippen molar-refractivity contribution in [3.8, 4) is 0 Å². The summed E-state index contributed by atoms with van der Waals surface area (Å²) in [5.74, 6) is -0.850. The second-order valence-electron chi connectivity index (χ2n) is 6.62. The van der Waals surface area contributed by atoms with E-state index in [-0.39, 0.29) is 12.5 Å². The predicted molar refractivity (Wildman–Crippen MR) is 91.1 cm³/mol. The Bertz CT molecular complexity index is 660. The summed E-state index contributed by atoms with van der Waals surface area (Å²) in [5.41, 5.74) is -0.763. The van der Waals surface area contributed by atoms with Gasteiger partial charge in [0, 0.05) is 6.54 Å². The van der Waals surface area contributed by atoms with Crippen molar-refractivity contribution in [3.05, 3.63) is 35.6 Å². The highest BCUT2D eigenvalue weighted by Gasteiger charge is 2.51. The van der Waals surface area contributed by atoms with Crippen LogP contribution in [0.2, 0.25) is 0 Å². The molecule has 1 aromatic carbocycles. The first-order valence-corrected chi connectivity index (χ1v) is 8.47. The molecule has 0 spiro atoms. The topological polar surface area (TPSA) is 78.5 Å². The van der Waals surface area contributed by atoms with Gasteiger partial charge in [-0.15, -0.1) is 0 Å². The Morgan fingerprint density at radius 1 is 1.28 bits per heavy atom. The van der Waals surface area contributed by atoms with E-state index in [0.717, 1.165) is 11.3 Å². The Labute approximate surface area is 146 Å². The third kappa shape index (κ3) is 3.97. The highest BCUT2D eigenvalue weighted by atomic mass is 19.1. The number of nitrogens with one attached hydrogen (secondary N) is 2. The average molecular weight is 349 g/mol. The van der Waals surface area contributed by atoms with Crippen LogP contribution >= 0.6 is 0 Å². The molecule has 1 aromatic rings. The Hall–Kier alpha value is -2.44. The molecule has 1 aliphatic heterocycles. The number of benzene rings is 1. The molecule has 0 aliphatic carbocycles. The van der Waals surface area contributed by atoms with E-state index in [1.807, 2.05) is 13.8 Å². The highest BCUT2D eigenvalue weighted by molar-refractivity contribution is 6.09. The van der Waals surface area contributed by atoms with E-state index < -0.39 is 23.3 Å². The van der Waals surface area contributed by atoms with Crippen LogP contribution in [0.25, 0.3) is 0 Å². The van der Waals surface area contributed by atoms with Crippen LogP contribution in [-0.2, 0) is 15.1 Å². The van der Waals surface area contributed by atoms with Gasteiger partial charge < -0.3 is 10.6 Å². The second-order valence-corrected chi connectivity index (χ2v) is 6.62. The normalized spacial score (nSPS) is 20.1. The van der Waals surface area contributed by atoms with Gasteiger partial charge in [-0.1, -0.05) is 32.9 Å². The largest absolute Gasteiger partial charge is 0.355 e. The number of rotatable bonds is 7. The first-order valence-electron chi connectivity index (χ1n) is 8.47. The van der Waals surface area contributed by atoms with Crippen molar-refractivity contribution >= 4 is 17.8 Å². The van der Waals surface area contributed by atoms with Crippen molar-refractivity contribution in [1.82, 2.24) is 15.5 Å². The minimum absolute atomic E-state index is 0.300. The van der Waals surface area contributed by atoms with Crippen molar-refractivity contribution in [2.24, 2.45) is 5.92 Å². The number of carbonyl (C=O) groups excluding carboxylic acids is 3. The second kappa shape index (κ2) is 7.63. The third-order valence-electron chi connectivity index (χ3n) is 4.39. The number of hydrogen-bond donors (Lipinski definition) is 2. The fourth-order valence-corrected chi connectivity index (χ4v) is 2.84. The Morgan fingerprint density at radius 2 is 1.92 bits per heavy atom. The zero-order valence-corrected chi connectivity index (χ0v) is 14.8. The van der Waals surface area contributed by atoms with E-state index in [4.69, 9.17) is 0 Å². The lowest BCUT2D eigenvalue weighted by molar-refractivity contribution is -0.135. The molecule has 6 nitrogen and oxygen atoms in total. The van der Waals surface area contributed by atoms with Gasteiger partial charge in [-0.05, 0) is 36.5 Å². The molecule has 1 aliphatic rings. The molecule has 1 atom stereocenters. The molecular weight excluding hydrogens is 325 g/mol. The molecule has 0 aromatic heterocycles. The summed E-state index contributed by atoms with van der Waals surface area (Å²) in [6.45, 7) is 6.01. The van der Waals surface area contributed by atoms with Crippen LogP contribution < -0.4 is 10.6 Å². The smallest absolute Gasteiger partial charge is 0.325 e. The summed E-state index contributed by atoms with van der Waals surface area (Å²) in [6, 6.07) is 4.82. The van der Waals surface area contributed by atoms with E-state index in [1.165, 1.54) is 24.3 Å². The van der Waals surface area contributed by atoms with Gasteiger partial charge >= 0.3 is 6.03 Å². The minimum atomic E-state index is -1.26. The van der Waals surface area contributed by atoms with Crippen molar-refractivity contribution in [3.63, 3.8) is 0 Å². The molecular formula is C18H24FN3O3. The third-order valence-corrected chi connectivity index (χ3v) is 4.39. The van der Waals surface area contributed by atoms with Crippen LogP contribution in [0, 0.1) is 11.7 Å². The monoisotopic (exact) mass is 349 g/mol. The molecule has 0 saturated carbocycles. The van der Waals surface area contributed by atoms with Gasteiger partial charge in [0.25, 0.3) is 5.91 Å². The number of halogens is 1. The molecule has 136 valence electrons. The Kier molecular flexibility index (Phi) is 5.77. The van der Waals surface area contributed by atoms with Crippen LogP contribution in [0.4, 0.5) is 9.18 Å². The maximum Gasteiger partial charge on any atom is 0.325 e. The molecule has 25 heavy (non-hydrogen) atoms. The SMILES string of the molecule is CC[C@]1(c2ccc(F)cc2)NC(=O)N(CC(=O)NCCC(C)C)C1=O. The van der Waals surface area contributed by atoms with Crippen molar-refractivity contribution < 1.29 is 18.8 Å². The zero-order valence-electron chi connectivity index (χ0n) is 14.8. The molecule has 7 heteroatoms. The number of amides is 4. The maximum atomic E-state index is 13.2. The summed E-state index contributed by atoms with van der Waals surface area (Å²) >= 11 is 0. The van der Waals surface area contributed by atoms with Crippen molar-refractivity contribution in [1.29, 1.82) is 0 Å². The molecule has 4 amide bonds. The fraction of sp³-hybridized carbons (Fsp3) is 0.500. The standard InChI is InChI=1S/C18H24FN3O3/c1-4-18(13-5-7-14(19)8-6-13)16(24)22(17(25)21-18)11-15(23)20-10-9-12(2)3/h5-8,12H,4,9-11H2,1-3H3,(H,20,23)(H,21,25)/t18-/m1/s1. The van der Waals surface area contributed by atoms with E-state index in [2.05, 4.69) is 10.6 Å². The van der Waals surface area contributed by atoms with Gasteiger partial charge in [-0.3, -0.25) is 14.5 Å². The number of carbonyl (C=O) groups is 3. The average Bonchev–Trinajstić information content (AvgIpc) is 2.80. The van der Waals surface area contributed by atoms with Gasteiger partial charge in [0.1, 0.15) is 17.9 Å². The van der Waals surface area contributed by atoms with E-state index in [1.54, 1.807) is 6.92 Å². The molecule has 1 fully saturated rings. The molecule has 2 N–H and O–H groups in total. The molecule has 0 unspecified atom stereocenters. The van der Waals surface area contributed by atoms with Crippen LogP contribution in [0.5, 0.6) is 0 Å². The quantitative estimate of drug-likeness (QED) is 0.741. The van der Waals surface area contributed by atoms with Gasteiger partial charge in [0.15, 0.2) is 0 Å². The summed E-state index contributed by atoms with van der Waals surface area (Å²) in [5, 5.41) is 5.38. The van der Waals surface area contributed by atoms with Gasteiger partial charge in [-0.25, -0.2) is 9.18 Å². The van der Waals surface area contributed by atoms with Crippen LogP contribution in [-0.4, -0.2) is 35.8 Å². The number of hydrogen-bond acceptors (Lipinski definition) is 3. The number of urea groups is 1. The van der Waals surface area contributed by atoms with E-state index >= 15 is 0 Å². The minimum Gasteiger partial charge on any atom is -0.355 e. The van der Waals surface area contributed by atoms with Crippen LogP contribution in [0.1, 0.15) is 39.2 Å².